The first kappa shape index (κ1) is 14.5. The fourth-order valence-corrected chi connectivity index (χ4v) is 3.26. The SMILES string of the molecule is C=C(C)C1CCC(Nc2ccc(-c3ccccc3)n2C#N)C1. The molecule has 0 amide bonds. The smallest absolute Gasteiger partial charge is 0.190 e. The molecule has 3 heteroatoms. The van der Waals surface area contributed by atoms with Gasteiger partial charge in [0.1, 0.15) is 5.82 Å². The van der Waals surface area contributed by atoms with Crippen LogP contribution >= 0.6 is 0 Å². The molecule has 1 heterocycles. The van der Waals surface area contributed by atoms with Gasteiger partial charge in [0, 0.05) is 6.04 Å². The maximum absolute atomic E-state index is 9.52. The summed E-state index contributed by atoms with van der Waals surface area (Å²) in [5.74, 6) is 1.49. The van der Waals surface area contributed by atoms with Gasteiger partial charge in [0.2, 0.25) is 0 Å². The number of hydrogen-bond donors (Lipinski definition) is 1. The van der Waals surface area contributed by atoms with Gasteiger partial charge < -0.3 is 5.32 Å². The second-order valence-electron chi connectivity index (χ2n) is 6.10. The molecule has 2 atom stereocenters. The molecule has 0 radical (unpaired) electrons. The number of rotatable bonds is 4. The first-order chi connectivity index (χ1) is 10.7. The van der Waals surface area contributed by atoms with Gasteiger partial charge in [-0.25, -0.2) is 4.57 Å². The summed E-state index contributed by atoms with van der Waals surface area (Å²) in [6.45, 7) is 6.18. The first-order valence-electron chi connectivity index (χ1n) is 7.78. The second-order valence-corrected chi connectivity index (χ2v) is 6.10. The summed E-state index contributed by atoms with van der Waals surface area (Å²) in [5, 5.41) is 13.1. The molecule has 3 nitrogen and oxygen atoms in total. The van der Waals surface area contributed by atoms with E-state index in [0.29, 0.717) is 12.0 Å². The molecule has 0 bridgehead atoms. The number of nitrogens with zero attached hydrogens (tertiary/aromatic N) is 2. The van der Waals surface area contributed by atoms with Crippen LogP contribution in [-0.2, 0) is 0 Å². The molecule has 1 aromatic carbocycles. The number of nitriles is 1. The normalized spacial score (nSPS) is 20.5. The Kier molecular flexibility index (Phi) is 4.02. The first-order valence-corrected chi connectivity index (χ1v) is 7.78. The second kappa shape index (κ2) is 6.11. The quantitative estimate of drug-likeness (QED) is 0.834. The van der Waals surface area contributed by atoms with Crippen LogP contribution in [0, 0.1) is 17.4 Å². The number of hydrogen-bond acceptors (Lipinski definition) is 2. The van der Waals surface area contributed by atoms with Gasteiger partial charge >= 0.3 is 0 Å². The van der Waals surface area contributed by atoms with E-state index >= 15 is 0 Å². The summed E-state index contributed by atoms with van der Waals surface area (Å²) >= 11 is 0. The lowest BCUT2D eigenvalue weighted by Gasteiger charge is -2.15. The summed E-state index contributed by atoms with van der Waals surface area (Å²) in [5.41, 5.74) is 3.26. The number of allylic oxidation sites excluding steroid dienone is 1. The third-order valence-corrected chi connectivity index (χ3v) is 4.53. The molecule has 112 valence electrons. The van der Waals surface area contributed by atoms with Crippen molar-refractivity contribution in [3.8, 4) is 17.5 Å². The molecule has 22 heavy (non-hydrogen) atoms. The minimum atomic E-state index is 0.423. The number of nitrogens with one attached hydrogen (secondary N) is 1. The molecule has 0 spiro atoms. The monoisotopic (exact) mass is 291 g/mol. The summed E-state index contributed by atoms with van der Waals surface area (Å²) in [6, 6.07) is 14.5. The van der Waals surface area contributed by atoms with E-state index in [4.69, 9.17) is 0 Å². The van der Waals surface area contributed by atoms with E-state index in [-0.39, 0.29) is 0 Å². The predicted molar refractivity (Wildman–Crippen MR) is 90.4 cm³/mol. The van der Waals surface area contributed by atoms with Crippen molar-refractivity contribution in [2.24, 2.45) is 5.92 Å². The predicted octanol–water partition coefficient (Wildman–Crippen LogP) is 4.64. The van der Waals surface area contributed by atoms with E-state index in [2.05, 4.69) is 25.0 Å². The van der Waals surface area contributed by atoms with Gasteiger partial charge in [-0.2, -0.15) is 5.26 Å². The zero-order valence-electron chi connectivity index (χ0n) is 12.9. The van der Waals surface area contributed by atoms with Crippen molar-refractivity contribution in [3.63, 3.8) is 0 Å². The molecule has 1 saturated carbocycles. The Hall–Kier alpha value is -2.47. The standard InChI is InChI=1S/C19H21N3/c1-14(2)16-8-9-17(12-16)21-19-11-10-18(22(19)13-20)15-6-4-3-5-7-15/h3-7,10-11,16-17,21H,1,8-9,12H2,2H3. The molecule has 0 aliphatic heterocycles. The van der Waals surface area contributed by atoms with Gasteiger partial charge in [-0.15, -0.1) is 0 Å². The van der Waals surface area contributed by atoms with E-state index in [0.717, 1.165) is 29.9 Å². The van der Waals surface area contributed by atoms with Crippen LogP contribution in [0.2, 0.25) is 0 Å². The van der Waals surface area contributed by atoms with E-state index in [9.17, 15) is 5.26 Å². The van der Waals surface area contributed by atoms with Crippen molar-refractivity contribution in [2.75, 3.05) is 5.32 Å². The Morgan fingerprint density at radius 3 is 2.64 bits per heavy atom. The number of benzene rings is 1. The highest BCUT2D eigenvalue weighted by Gasteiger charge is 2.25. The van der Waals surface area contributed by atoms with Crippen molar-refractivity contribution in [1.29, 1.82) is 5.26 Å². The average molecular weight is 291 g/mol. The molecule has 1 fully saturated rings. The molecule has 3 rings (SSSR count). The Labute approximate surface area is 131 Å². The van der Waals surface area contributed by atoms with Crippen LogP contribution in [0.25, 0.3) is 11.3 Å². The maximum atomic E-state index is 9.52. The Balaban J connectivity index is 1.80. The average Bonchev–Trinajstić information content (AvgIpc) is 3.15. The van der Waals surface area contributed by atoms with Crippen molar-refractivity contribution in [2.45, 2.75) is 32.2 Å². The van der Waals surface area contributed by atoms with Crippen molar-refractivity contribution >= 4 is 5.82 Å². The fraction of sp³-hybridized carbons (Fsp3) is 0.316. The van der Waals surface area contributed by atoms with Gasteiger partial charge in [-0.05, 0) is 49.8 Å². The summed E-state index contributed by atoms with van der Waals surface area (Å²) in [6.07, 6.45) is 5.71. The van der Waals surface area contributed by atoms with Crippen molar-refractivity contribution in [1.82, 2.24) is 4.57 Å². The number of anilines is 1. The van der Waals surface area contributed by atoms with Gasteiger partial charge in [-0.1, -0.05) is 42.5 Å². The van der Waals surface area contributed by atoms with E-state index in [1.54, 1.807) is 4.57 Å². The fourth-order valence-electron chi connectivity index (χ4n) is 3.26. The van der Waals surface area contributed by atoms with Crippen molar-refractivity contribution in [3.05, 3.63) is 54.6 Å². The van der Waals surface area contributed by atoms with Gasteiger partial charge in [0.15, 0.2) is 6.19 Å². The zero-order chi connectivity index (χ0) is 15.5. The lowest BCUT2D eigenvalue weighted by atomic mass is 10.0. The molecule has 1 aliphatic carbocycles. The highest BCUT2D eigenvalue weighted by atomic mass is 15.1. The summed E-state index contributed by atoms with van der Waals surface area (Å²) in [7, 11) is 0. The lowest BCUT2D eigenvalue weighted by Crippen LogP contribution is -2.17. The number of aromatic nitrogens is 1. The van der Waals surface area contributed by atoms with Crippen LogP contribution in [0.15, 0.2) is 54.6 Å². The van der Waals surface area contributed by atoms with E-state index in [1.807, 2.05) is 42.5 Å². The van der Waals surface area contributed by atoms with Crippen LogP contribution in [0.4, 0.5) is 5.82 Å². The van der Waals surface area contributed by atoms with Crippen LogP contribution in [0.1, 0.15) is 26.2 Å². The van der Waals surface area contributed by atoms with Crippen LogP contribution in [0.5, 0.6) is 0 Å². The largest absolute Gasteiger partial charge is 0.368 e. The molecule has 2 unspecified atom stereocenters. The minimum Gasteiger partial charge on any atom is -0.368 e. The van der Waals surface area contributed by atoms with E-state index in [1.165, 1.54) is 12.0 Å². The van der Waals surface area contributed by atoms with Gasteiger partial charge in [0.25, 0.3) is 0 Å². The highest BCUT2D eigenvalue weighted by molar-refractivity contribution is 5.66. The highest BCUT2D eigenvalue weighted by Crippen LogP contribution is 2.33. The van der Waals surface area contributed by atoms with Crippen LogP contribution in [0.3, 0.4) is 0 Å². The van der Waals surface area contributed by atoms with Crippen LogP contribution < -0.4 is 5.32 Å². The third-order valence-electron chi connectivity index (χ3n) is 4.53. The summed E-state index contributed by atoms with van der Waals surface area (Å²) in [4.78, 5) is 0. The molecule has 1 N–H and O–H groups in total. The summed E-state index contributed by atoms with van der Waals surface area (Å²) < 4.78 is 1.68. The topological polar surface area (TPSA) is 40.8 Å². The molecular weight excluding hydrogens is 270 g/mol. The van der Waals surface area contributed by atoms with Crippen molar-refractivity contribution < 1.29 is 0 Å². The zero-order valence-corrected chi connectivity index (χ0v) is 12.9. The Morgan fingerprint density at radius 1 is 1.23 bits per heavy atom. The minimum absolute atomic E-state index is 0.423. The lowest BCUT2D eigenvalue weighted by molar-refractivity contribution is 0.633. The van der Waals surface area contributed by atoms with Gasteiger partial charge in [-0.3, -0.25) is 0 Å². The Bertz CT molecular complexity index is 706. The molecule has 1 aliphatic rings. The molecule has 2 aromatic rings. The van der Waals surface area contributed by atoms with E-state index < -0.39 is 0 Å². The third kappa shape index (κ3) is 2.78. The Morgan fingerprint density at radius 2 is 2.00 bits per heavy atom. The van der Waals surface area contributed by atoms with Crippen LogP contribution in [-0.4, -0.2) is 10.6 Å². The maximum Gasteiger partial charge on any atom is 0.190 e. The molecular formula is C19H21N3. The molecule has 0 saturated heterocycles. The van der Waals surface area contributed by atoms with Gasteiger partial charge in [0.05, 0.1) is 5.69 Å². The molecule has 1 aromatic heterocycles.